The highest BCUT2D eigenvalue weighted by molar-refractivity contribution is 7.99. The van der Waals surface area contributed by atoms with Crippen molar-refractivity contribution < 1.29 is 18.7 Å². The highest BCUT2D eigenvalue weighted by Gasteiger charge is 2.36. The Labute approximate surface area is 153 Å². The van der Waals surface area contributed by atoms with Crippen molar-refractivity contribution in [1.29, 1.82) is 0 Å². The minimum Gasteiger partial charge on any atom is -0.468 e. The summed E-state index contributed by atoms with van der Waals surface area (Å²) in [4.78, 5) is 24.8. The zero-order valence-electron chi connectivity index (χ0n) is 14.7. The molecule has 0 radical (unpaired) electrons. The third kappa shape index (κ3) is 5.11. The number of ether oxygens (including phenoxy) is 1. The number of nitrogens with one attached hydrogen (secondary N) is 1. The summed E-state index contributed by atoms with van der Waals surface area (Å²) in [6.45, 7) is 1.93. The molecule has 1 aliphatic heterocycles. The van der Waals surface area contributed by atoms with Crippen molar-refractivity contribution in [2.45, 2.75) is 68.6 Å². The zero-order valence-corrected chi connectivity index (χ0v) is 15.6. The van der Waals surface area contributed by atoms with E-state index in [1.807, 2.05) is 19.1 Å². The predicted octanol–water partition coefficient (Wildman–Crippen LogP) is 3.32. The number of ketones is 1. The van der Waals surface area contributed by atoms with Crippen molar-refractivity contribution in [3.05, 3.63) is 24.2 Å². The second-order valence-corrected chi connectivity index (χ2v) is 8.28. The lowest BCUT2D eigenvalue weighted by molar-refractivity contribution is -0.126. The molecule has 2 heterocycles. The van der Waals surface area contributed by atoms with Crippen LogP contribution in [-0.2, 0) is 20.1 Å². The van der Waals surface area contributed by atoms with E-state index in [0.717, 1.165) is 12.2 Å². The molecule has 1 N–H and O–H groups in total. The molecular weight excluding hydrogens is 338 g/mol. The van der Waals surface area contributed by atoms with Gasteiger partial charge >= 0.3 is 0 Å². The maximum absolute atomic E-state index is 12.9. The van der Waals surface area contributed by atoms with Gasteiger partial charge in [-0.25, -0.2) is 0 Å². The number of amides is 1. The number of hydrogen-bond acceptors (Lipinski definition) is 5. The van der Waals surface area contributed by atoms with Crippen molar-refractivity contribution in [2.75, 3.05) is 6.61 Å². The maximum Gasteiger partial charge on any atom is 0.233 e. The van der Waals surface area contributed by atoms with E-state index in [1.165, 1.54) is 32.1 Å². The summed E-state index contributed by atoms with van der Waals surface area (Å²) in [6, 6.07) is 3.28. The van der Waals surface area contributed by atoms with Gasteiger partial charge in [0, 0.05) is 0 Å². The second kappa shape index (κ2) is 8.90. The number of hydrogen-bond donors (Lipinski definition) is 1. The van der Waals surface area contributed by atoms with Crippen molar-refractivity contribution >= 4 is 23.5 Å². The van der Waals surface area contributed by atoms with E-state index in [-0.39, 0.29) is 29.7 Å². The van der Waals surface area contributed by atoms with Crippen molar-refractivity contribution in [3.8, 4) is 0 Å². The first kappa shape index (κ1) is 18.5. The normalized spacial score (nSPS) is 25.9. The molecule has 0 bridgehead atoms. The monoisotopic (exact) mass is 365 g/mol. The van der Waals surface area contributed by atoms with Gasteiger partial charge in [-0.2, -0.15) is 0 Å². The van der Waals surface area contributed by atoms with Gasteiger partial charge in [-0.05, 0) is 31.4 Å². The van der Waals surface area contributed by atoms with E-state index in [9.17, 15) is 9.59 Å². The van der Waals surface area contributed by atoms with Crippen LogP contribution < -0.4 is 5.32 Å². The summed E-state index contributed by atoms with van der Waals surface area (Å²) in [5.41, 5.74) is 0. The average molecular weight is 365 g/mol. The van der Waals surface area contributed by atoms with Gasteiger partial charge in [-0.1, -0.05) is 32.1 Å². The van der Waals surface area contributed by atoms with Gasteiger partial charge in [0.15, 0.2) is 5.78 Å². The van der Waals surface area contributed by atoms with Crippen LogP contribution in [0.3, 0.4) is 0 Å². The van der Waals surface area contributed by atoms with Crippen molar-refractivity contribution in [1.82, 2.24) is 5.32 Å². The standard InChI is InChI=1S/C19H27NO4S/c1-13-18(16(21)11-24-13)20-19(22)17(10-14-6-3-2-4-7-14)25-12-15-8-5-9-23-15/h5,8-9,13-14,17-18H,2-4,6-7,10-12H2,1H3,(H,20,22)/t13-,17+,18-/m1/s1. The van der Waals surface area contributed by atoms with E-state index in [4.69, 9.17) is 9.15 Å². The Morgan fingerprint density at radius 2 is 2.16 bits per heavy atom. The lowest BCUT2D eigenvalue weighted by Gasteiger charge is -2.26. The fraction of sp³-hybridized carbons (Fsp3) is 0.684. The summed E-state index contributed by atoms with van der Waals surface area (Å²) in [7, 11) is 0. The lowest BCUT2D eigenvalue weighted by Crippen LogP contribution is -2.47. The molecule has 1 saturated heterocycles. The van der Waals surface area contributed by atoms with Gasteiger partial charge in [0.1, 0.15) is 18.4 Å². The number of furan rings is 1. The highest BCUT2D eigenvalue weighted by atomic mass is 32.2. The van der Waals surface area contributed by atoms with Crippen LogP contribution in [0.2, 0.25) is 0 Å². The summed E-state index contributed by atoms with van der Waals surface area (Å²) >= 11 is 1.61. The van der Waals surface area contributed by atoms with Crippen LogP contribution in [0.25, 0.3) is 0 Å². The van der Waals surface area contributed by atoms with E-state index in [2.05, 4.69) is 5.32 Å². The van der Waals surface area contributed by atoms with E-state index in [1.54, 1.807) is 18.0 Å². The van der Waals surface area contributed by atoms with Gasteiger partial charge in [0.2, 0.25) is 5.91 Å². The summed E-state index contributed by atoms with van der Waals surface area (Å²) in [5, 5.41) is 2.77. The summed E-state index contributed by atoms with van der Waals surface area (Å²) in [5.74, 6) is 2.07. The van der Waals surface area contributed by atoms with E-state index >= 15 is 0 Å². The number of Topliss-reactive ketones (excluding diaryl/α,β-unsaturated/α-hetero) is 1. The molecule has 25 heavy (non-hydrogen) atoms. The maximum atomic E-state index is 12.9. The molecule has 0 unspecified atom stereocenters. The minimum atomic E-state index is -0.509. The third-order valence-corrected chi connectivity index (χ3v) is 6.43. The Balaban J connectivity index is 1.61. The molecule has 1 aromatic heterocycles. The number of carbonyl (C=O) groups excluding carboxylic acids is 2. The topological polar surface area (TPSA) is 68.5 Å². The molecule has 0 aromatic carbocycles. The van der Waals surface area contributed by atoms with Crippen LogP contribution in [-0.4, -0.2) is 35.7 Å². The Morgan fingerprint density at radius 1 is 1.36 bits per heavy atom. The zero-order chi connectivity index (χ0) is 17.6. The van der Waals surface area contributed by atoms with Crippen LogP contribution >= 0.6 is 11.8 Å². The second-order valence-electron chi connectivity index (χ2n) is 7.09. The molecule has 1 saturated carbocycles. The summed E-state index contributed by atoms with van der Waals surface area (Å²) < 4.78 is 10.7. The smallest absolute Gasteiger partial charge is 0.233 e. The van der Waals surface area contributed by atoms with Gasteiger partial charge in [-0.15, -0.1) is 11.8 Å². The number of rotatable bonds is 7. The molecule has 2 fully saturated rings. The molecule has 6 heteroatoms. The fourth-order valence-electron chi connectivity index (χ4n) is 3.66. The Kier molecular flexibility index (Phi) is 6.59. The van der Waals surface area contributed by atoms with Crippen molar-refractivity contribution in [2.24, 2.45) is 5.92 Å². The van der Waals surface area contributed by atoms with Gasteiger partial charge in [0.05, 0.1) is 23.4 Å². The Bertz CT molecular complexity index is 568. The molecule has 1 aromatic rings. The van der Waals surface area contributed by atoms with Crippen LogP contribution in [0.15, 0.2) is 22.8 Å². The molecule has 2 aliphatic rings. The highest BCUT2D eigenvalue weighted by Crippen LogP contribution is 2.32. The lowest BCUT2D eigenvalue weighted by atomic mass is 9.86. The molecule has 3 rings (SSSR count). The van der Waals surface area contributed by atoms with Crippen LogP contribution in [0, 0.1) is 5.92 Å². The molecular formula is C19H27NO4S. The first-order chi connectivity index (χ1) is 12.1. The SMILES string of the molecule is C[C@H]1OCC(=O)[C@@H]1NC(=O)[C@H](CC1CCCCC1)SCc1ccco1. The van der Waals surface area contributed by atoms with Crippen LogP contribution in [0.1, 0.15) is 51.2 Å². The van der Waals surface area contributed by atoms with Gasteiger partial charge in [0.25, 0.3) is 0 Å². The first-order valence-corrected chi connectivity index (χ1v) is 10.3. The minimum absolute atomic E-state index is 0.0340. The largest absolute Gasteiger partial charge is 0.468 e. The summed E-state index contributed by atoms with van der Waals surface area (Å²) in [6.07, 6.45) is 8.50. The van der Waals surface area contributed by atoms with E-state index in [0.29, 0.717) is 11.7 Å². The quantitative estimate of drug-likeness (QED) is 0.803. The third-order valence-electron chi connectivity index (χ3n) is 5.17. The Hall–Kier alpha value is -1.27. The van der Waals surface area contributed by atoms with Gasteiger partial charge in [-0.3, -0.25) is 9.59 Å². The van der Waals surface area contributed by atoms with Crippen LogP contribution in [0.5, 0.6) is 0 Å². The number of thioether (sulfide) groups is 1. The molecule has 3 atom stereocenters. The molecule has 0 spiro atoms. The molecule has 1 aliphatic carbocycles. The molecule has 1 amide bonds. The number of carbonyl (C=O) groups is 2. The Morgan fingerprint density at radius 3 is 2.80 bits per heavy atom. The van der Waals surface area contributed by atoms with Gasteiger partial charge < -0.3 is 14.5 Å². The van der Waals surface area contributed by atoms with Crippen molar-refractivity contribution in [3.63, 3.8) is 0 Å². The first-order valence-electron chi connectivity index (χ1n) is 9.22. The molecule has 138 valence electrons. The fourth-order valence-corrected chi connectivity index (χ4v) is 4.82. The van der Waals surface area contributed by atoms with E-state index < -0.39 is 6.04 Å². The molecule has 5 nitrogen and oxygen atoms in total. The predicted molar refractivity (Wildman–Crippen MR) is 97.3 cm³/mol. The average Bonchev–Trinajstić information content (AvgIpc) is 3.24. The van der Waals surface area contributed by atoms with Crippen LogP contribution in [0.4, 0.5) is 0 Å².